The Morgan fingerprint density at radius 2 is 2.15 bits per heavy atom. The Kier molecular flexibility index (Phi) is 2.24. The number of rotatable bonds is 2. The van der Waals surface area contributed by atoms with Crippen molar-refractivity contribution in [3.05, 3.63) is 33.8 Å². The molecule has 0 spiro atoms. The fourth-order valence-corrected chi connectivity index (χ4v) is 2.15. The number of carbonyl (C=O) groups is 1. The molecule has 0 aliphatic heterocycles. The normalized spacial score (nSPS) is 15.8. The lowest BCUT2D eigenvalue weighted by molar-refractivity contribution is 0.0966. The Bertz CT molecular complexity index is 333. The zero-order valence-electron chi connectivity index (χ0n) is 7.51. The van der Waals surface area contributed by atoms with Gasteiger partial charge in [-0.05, 0) is 31.4 Å². The van der Waals surface area contributed by atoms with Crippen LogP contribution in [-0.4, -0.2) is 5.78 Å². The summed E-state index contributed by atoms with van der Waals surface area (Å²) in [6.07, 6.45) is 2.14. The molecule has 1 aromatic carbocycles. The van der Waals surface area contributed by atoms with E-state index in [1.807, 2.05) is 25.1 Å². The van der Waals surface area contributed by atoms with Crippen molar-refractivity contribution in [3.63, 3.8) is 0 Å². The van der Waals surface area contributed by atoms with Crippen LogP contribution in [0.1, 0.15) is 28.8 Å². The van der Waals surface area contributed by atoms with Gasteiger partial charge in [-0.1, -0.05) is 28.1 Å². The third kappa shape index (κ3) is 1.68. The number of carbonyl (C=O) groups excluding carboxylic acids is 1. The number of aryl methyl sites for hydroxylation is 1. The van der Waals surface area contributed by atoms with Crippen molar-refractivity contribution in [2.24, 2.45) is 5.92 Å². The molecule has 2 heteroatoms. The van der Waals surface area contributed by atoms with E-state index >= 15 is 0 Å². The second-order valence-electron chi connectivity index (χ2n) is 3.57. The van der Waals surface area contributed by atoms with Gasteiger partial charge in [-0.15, -0.1) is 0 Å². The topological polar surface area (TPSA) is 17.1 Å². The largest absolute Gasteiger partial charge is 0.294 e. The van der Waals surface area contributed by atoms with Gasteiger partial charge in [-0.2, -0.15) is 0 Å². The molecule has 2 rings (SSSR count). The van der Waals surface area contributed by atoms with Crippen molar-refractivity contribution < 1.29 is 4.79 Å². The summed E-state index contributed by atoms with van der Waals surface area (Å²) in [5.41, 5.74) is 1.95. The first kappa shape index (κ1) is 8.95. The highest BCUT2D eigenvalue weighted by Crippen LogP contribution is 2.35. The number of halogens is 1. The number of hydrogen-bond donors (Lipinski definition) is 0. The van der Waals surface area contributed by atoms with E-state index in [2.05, 4.69) is 15.9 Å². The SMILES string of the molecule is Cc1cccc(Br)c1C(=O)C1CC1. The number of benzene rings is 1. The van der Waals surface area contributed by atoms with Crippen molar-refractivity contribution in [2.75, 3.05) is 0 Å². The standard InChI is InChI=1S/C11H11BrO/c1-7-3-2-4-9(12)10(7)11(13)8-5-6-8/h2-4,8H,5-6H2,1H3. The minimum atomic E-state index is 0.303. The van der Waals surface area contributed by atoms with Crippen LogP contribution in [-0.2, 0) is 0 Å². The highest BCUT2D eigenvalue weighted by molar-refractivity contribution is 9.10. The van der Waals surface area contributed by atoms with Crippen LogP contribution in [0, 0.1) is 12.8 Å². The Hall–Kier alpha value is -0.630. The van der Waals surface area contributed by atoms with Crippen molar-refractivity contribution in [1.82, 2.24) is 0 Å². The zero-order chi connectivity index (χ0) is 9.42. The number of ketones is 1. The van der Waals surface area contributed by atoms with Gasteiger partial charge in [0, 0.05) is 16.0 Å². The highest BCUT2D eigenvalue weighted by Gasteiger charge is 2.32. The second-order valence-corrected chi connectivity index (χ2v) is 4.42. The Labute approximate surface area is 86.3 Å². The van der Waals surface area contributed by atoms with E-state index < -0.39 is 0 Å². The molecule has 0 aromatic heterocycles. The molecular weight excluding hydrogens is 228 g/mol. The molecule has 0 N–H and O–H groups in total. The predicted molar refractivity (Wildman–Crippen MR) is 55.9 cm³/mol. The summed E-state index contributed by atoms with van der Waals surface area (Å²) in [5, 5.41) is 0. The number of Topliss-reactive ketones (excluding diaryl/α,β-unsaturated/α-hetero) is 1. The zero-order valence-corrected chi connectivity index (χ0v) is 9.10. The van der Waals surface area contributed by atoms with Crippen LogP contribution in [0.15, 0.2) is 22.7 Å². The van der Waals surface area contributed by atoms with Crippen molar-refractivity contribution >= 4 is 21.7 Å². The van der Waals surface area contributed by atoms with Gasteiger partial charge < -0.3 is 0 Å². The molecule has 0 atom stereocenters. The first-order valence-corrected chi connectivity index (χ1v) is 5.29. The van der Waals surface area contributed by atoms with Gasteiger partial charge in [0.2, 0.25) is 0 Å². The van der Waals surface area contributed by atoms with Crippen LogP contribution >= 0.6 is 15.9 Å². The van der Waals surface area contributed by atoms with Crippen LogP contribution in [0.5, 0.6) is 0 Å². The summed E-state index contributed by atoms with van der Waals surface area (Å²) >= 11 is 3.42. The van der Waals surface area contributed by atoms with Crippen molar-refractivity contribution in [2.45, 2.75) is 19.8 Å². The fraction of sp³-hybridized carbons (Fsp3) is 0.364. The summed E-state index contributed by atoms with van der Waals surface area (Å²) in [6.45, 7) is 1.99. The first-order valence-electron chi connectivity index (χ1n) is 4.49. The van der Waals surface area contributed by atoms with Crippen LogP contribution in [0.4, 0.5) is 0 Å². The van der Waals surface area contributed by atoms with E-state index in [1.165, 1.54) is 0 Å². The molecule has 13 heavy (non-hydrogen) atoms. The molecule has 0 heterocycles. The monoisotopic (exact) mass is 238 g/mol. The molecule has 0 amide bonds. The first-order chi connectivity index (χ1) is 6.20. The maximum Gasteiger partial charge on any atom is 0.167 e. The summed E-state index contributed by atoms with van der Waals surface area (Å²) in [7, 11) is 0. The lowest BCUT2D eigenvalue weighted by Crippen LogP contribution is -2.04. The minimum Gasteiger partial charge on any atom is -0.294 e. The molecule has 0 radical (unpaired) electrons. The molecule has 68 valence electrons. The van der Waals surface area contributed by atoms with Crippen molar-refractivity contribution in [1.29, 1.82) is 0 Å². The molecule has 0 unspecified atom stereocenters. The van der Waals surface area contributed by atoms with Crippen LogP contribution in [0.3, 0.4) is 0 Å². The Balaban J connectivity index is 2.42. The maximum absolute atomic E-state index is 11.8. The average Bonchev–Trinajstić information content (AvgIpc) is 2.85. The lowest BCUT2D eigenvalue weighted by Gasteiger charge is -2.05. The highest BCUT2D eigenvalue weighted by atomic mass is 79.9. The molecule has 1 aliphatic rings. The minimum absolute atomic E-state index is 0.303. The molecular formula is C11H11BrO. The van der Waals surface area contributed by atoms with Gasteiger partial charge in [0.15, 0.2) is 5.78 Å². The van der Waals surface area contributed by atoms with Gasteiger partial charge in [0.05, 0.1) is 0 Å². The van der Waals surface area contributed by atoms with Crippen LogP contribution in [0.25, 0.3) is 0 Å². The Morgan fingerprint density at radius 1 is 1.46 bits per heavy atom. The van der Waals surface area contributed by atoms with E-state index in [1.54, 1.807) is 0 Å². The van der Waals surface area contributed by atoms with E-state index in [0.717, 1.165) is 28.4 Å². The van der Waals surface area contributed by atoms with Gasteiger partial charge in [0.1, 0.15) is 0 Å². The molecule has 0 bridgehead atoms. The Morgan fingerprint density at radius 3 is 2.69 bits per heavy atom. The van der Waals surface area contributed by atoms with Gasteiger partial charge in [0.25, 0.3) is 0 Å². The van der Waals surface area contributed by atoms with Crippen LogP contribution in [0.2, 0.25) is 0 Å². The predicted octanol–water partition coefficient (Wildman–Crippen LogP) is 3.35. The summed E-state index contributed by atoms with van der Waals surface area (Å²) in [4.78, 5) is 11.8. The molecule has 1 fully saturated rings. The summed E-state index contributed by atoms with van der Waals surface area (Å²) in [5.74, 6) is 0.613. The van der Waals surface area contributed by atoms with E-state index in [9.17, 15) is 4.79 Å². The fourth-order valence-electron chi connectivity index (χ4n) is 1.49. The molecule has 1 saturated carbocycles. The molecule has 0 saturated heterocycles. The molecule has 1 aliphatic carbocycles. The lowest BCUT2D eigenvalue weighted by atomic mass is 10.0. The number of hydrogen-bond acceptors (Lipinski definition) is 1. The van der Waals surface area contributed by atoms with Gasteiger partial charge in [-0.3, -0.25) is 4.79 Å². The van der Waals surface area contributed by atoms with E-state index in [-0.39, 0.29) is 0 Å². The van der Waals surface area contributed by atoms with Gasteiger partial charge in [-0.25, -0.2) is 0 Å². The average molecular weight is 239 g/mol. The van der Waals surface area contributed by atoms with Crippen molar-refractivity contribution in [3.8, 4) is 0 Å². The summed E-state index contributed by atoms with van der Waals surface area (Å²) in [6, 6.07) is 5.88. The van der Waals surface area contributed by atoms with Gasteiger partial charge >= 0.3 is 0 Å². The second kappa shape index (κ2) is 3.26. The molecule has 1 aromatic rings. The quantitative estimate of drug-likeness (QED) is 0.723. The van der Waals surface area contributed by atoms with Crippen LogP contribution < -0.4 is 0 Å². The molecule has 1 nitrogen and oxygen atoms in total. The van der Waals surface area contributed by atoms with E-state index in [0.29, 0.717) is 11.7 Å². The third-order valence-electron chi connectivity index (χ3n) is 2.42. The smallest absolute Gasteiger partial charge is 0.167 e. The third-order valence-corrected chi connectivity index (χ3v) is 3.08. The van der Waals surface area contributed by atoms with E-state index in [4.69, 9.17) is 0 Å². The maximum atomic E-state index is 11.8. The summed E-state index contributed by atoms with van der Waals surface area (Å²) < 4.78 is 0.935.